The number of phosphoric acid groups is 2. The Labute approximate surface area is 292 Å². The first kappa shape index (κ1) is 36.6. The lowest BCUT2D eigenvalue weighted by Gasteiger charge is -2.29. The van der Waals surface area contributed by atoms with Crippen LogP contribution in [0.3, 0.4) is 0 Å². The quantitative estimate of drug-likeness (QED) is 0.149. The molecule has 4 aromatic heterocycles. The lowest BCUT2D eigenvalue weighted by atomic mass is 9.98. The van der Waals surface area contributed by atoms with Crippen molar-refractivity contribution in [3.8, 4) is 0 Å². The maximum atomic E-state index is 16.5. The van der Waals surface area contributed by atoms with Gasteiger partial charge in [0.1, 0.15) is 48.2 Å². The summed E-state index contributed by atoms with van der Waals surface area (Å²) >= 11 is 0. The number of phosphoric ester groups is 2. The van der Waals surface area contributed by atoms with Crippen molar-refractivity contribution in [2.45, 2.75) is 70.1 Å². The minimum absolute atomic E-state index is 0.00327. The van der Waals surface area contributed by atoms with Gasteiger partial charge in [0.25, 0.3) is 0 Å². The molecule has 5 N–H and O–H groups in total. The predicted octanol–water partition coefficient (Wildman–Crippen LogP) is 2.55. The smallest absolute Gasteiger partial charge is 0.437 e. The Hall–Kier alpha value is -3.79. The third kappa shape index (κ3) is 6.88. The third-order valence-electron chi connectivity index (χ3n) is 8.73. The van der Waals surface area contributed by atoms with Gasteiger partial charge in [-0.25, -0.2) is 52.3 Å². The number of hydrogen-bond acceptors (Lipinski definition) is 18. The molecule has 0 amide bonds. The highest BCUT2D eigenvalue weighted by Crippen LogP contribution is 2.58. The fourth-order valence-electron chi connectivity index (χ4n) is 6.12. The van der Waals surface area contributed by atoms with E-state index >= 15 is 8.78 Å². The molecule has 0 bridgehead atoms. The minimum atomic E-state index is -5.11. The standard InChI is InChI=1S/C27H34F2N10O11P2/c1-27(2,3)26(40)44-11-47-52(43)46-6-14-20(16(29)25(48-14)39-10-37-18-22(31)33-8-35-24(18)39)49-51(41,42)45-5-12-4-13(15(28)19(12)50-52)38-9-36-17-21(30)32-7-34-23(17)38/h7-10,12-16,19-20,25H,4-6,11H2,1-3H3,(H,41,42)(H2,30,32,34)(H2,31,33,35). The van der Waals surface area contributed by atoms with Crippen molar-refractivity contribution in [3.63, 3.8) is 0 Å². The highest BCUT2D eigenvalue weighted by Gasteiger charge is 2.55. The number of rotatable bonds is 5. The molecule has 7 rings (SSSR count). The fraction of sp³-hybridized carbons (Fsp3) is 0.593. The van der Waals surface area contributed by atoms with E-state index in [9.17, 15) is 18.8 Å². The number of ether oxygens (including phenoxy) is 2. The molecular weight excluding hydrogens is 740 g/mol. The molecular formula is C27H34F2N10O11P2. The molecule has 21 nitrogen and oxygen atoms in total. The Kier molecular flexibility index (Phi) is 9.54. The fourth-order valence-corrected chi connectivity index (χ4v) is 8.42. The van der Waals surface area contributed by atoms with E-state index in [-0.39, 0.29) is 40.4 Å². The van der Waals surface area contributed by atoms with Crippen LogP contribution in [0.2, 0.25) is 0 Å². The molecule has 3 aliphatic rings. The van der Waals surface area contributed by atoms with Gasteiger partial charge in [-0.2, -0.15) is 0 Å². The number of esters is 1. The second-order valence-electron chi connectivity index (χ2n) is 13.3. The number of fused-ring (bicyclic) bond motifs is 4. The molecule has 4 aromatic rings. The van der Waals surface area contributed by atoms with Gasteiger partial charge in [0.2, 0.25) is 6.79 Å². The van der Waals surface area contributed by atoms with Crippen LogP contribution in [-0.4, -0.2) is 101 Å². The van der Waals surface area contributed by atoms with Crippen LogP contribution in [0.4, 0.5) is 20.4 Å². The van der Waals surface area contributed by atoms with Crippen LogP contribution in [0.1, 0.15) is 39.5 Å². The summed E-state index contributed by atoms with van der Waals surface area (Å²) in [7, 11) is -10.1. The Morgan fingerprint density at radius 1 is 0.923 bits per heavy atom. The molecule has 52 heavy (non-hydrogen) atoms. The maximum Gasteiger partial charge on any atom is 0.478 e. The summed E-state index contributed by atoms with van der Waals surface area (Å²) in [5, 5.41) is 0. The van der Waals surface area contributed by atoms with Gasteiger partial charge in [-0.15, -0.1) is 0 Å². The number of aromatic nitrogens is 8. The maximum absolute atomic E-state index is 16.5. The highest BCUT2D eigenvalue weighted by molar-refractivity contribution is 7.48. The van der Waals surface area contributed by atoms with Gasteiger partial charge < -0.3 is 30.4 Å². The third-order valence-corrected chi connectivity index (χ3v) is 11.1. The molecule has 6 heterocycles. The van der Waals surface area contributed by atoms with Gasteiger partial charge in [0.15, 0.2) is 35.3 Å². The highest BCUT2D eigenvalue weighted by atomic mass is 31.2. The zero-order valence-corrected chi connectivity index (χ0v) is 29.5. The normalized spacial score (nSPS) is 34.4. The van der Waals surface area contributed by atoms with Gasteiger partial charge >= 0.3 is 21.6 Å². The van der Waals surface area contributed by atoms with E-state index in [0.29, 0.717) is 0 Å². The van der Waals surface area contributed by atoms with E-state index in [2.05, 4.69) is 29.9 Å². The largest absolute Gasteiger partial charge is 0.478 e. The van der Waals surface area contributed by atoms with Crippen molar-refractivity contribution in [1.82, 2.24) is 39.0 Å². The SMILES string of the molecule is CC(C)(C)C(=O)OCOP1(=O)OCC2OC(n3cnc4c(N)ncnc43)C(F)C2OP(=O)(O)OCC2CC(n3cnc4c(N)ncnc43)C(F)C2O1. The first-order chi connectivity index (χ1) is 24.6. The number of alkyl halides is 2. The molecule has 2 saturated heterocycles. The lowest BCUT2D eigenvalue weighted by Crippen LogP contribution is -2.36. The monoisotopic (exact) mass is 774 g/mol. The predicted molar refractivity (Wildman–Crippen MR) is 171 cm³/mol. The number of halogens is 2. The Bertz CT molecular complexity index is 2080. The number of nitrogens with two attached hydrogens (primary N) is 2. The molecule has 1 aliphatic carbocycles. The van der Waals surface area contributed by atoms with Crippen LogP contribution in [0, 0.1) is 11.3 Å². The second-order valence-corrected chi connectivity index (χ2v) is 16.3. The first-order valence-electron chi connectivity index (χ1n) is 15.8. The van der Waals surface area contributed by atoms with Crippen molar-refractivity contribution in [2.24, 2.45) is 11.3 Å². The molecule has 10 atom stereocenters. The molecule has 0 aromatic carbocycles. The van der Waals surface area contributed by atoms with Crippen LogP contribution in [0.5, 0.6) is 0 Å². The molecule has 282 valence electrons. The van der Waals surface area contributed by atoms with Gasteiger partial charge in [-0.05, 0) is 27.2 Å². The van der Waals surface area contributed by atoms with Crippen LogP contribution < -0.4 is 11.5 Å². The number of nitrogens with zero attached hydrogens (tertiary/aromatic N) is 8. The van der Waals surface area contributed by atoms with E-state index in [4.69, 9.17) is 43.6 Å². The van der Waals surface area contributed by atoms with Crippen molar-refractivity contribution in [1.29, 1.82) is 0 Å². The van der Waals surface area contributed by atoms with Crippen LogP contribution in [-0.2, 0) is 46.0 Å². The van der Waals surface area contributed by atoms with Crippen molar-refractivity contribution in [2.75, 3.05) is 31.5 Å². The number of imidazole rings is 2. The summed E-state index contributed by atoms with van der Waals surface area (Å²) in [4.78, 5) is 47.4. The van der Waals surface area contributed by atoms with Crippen molar-refractivity contribution in [3.05, 3.63) is 25.3 Å². The second kappa shape index (κ2) is 13.6. The van der Waals surface area contributed by atoms with Crippen LogP contribution in [0.25, 0.3) is 22.3 Å². The molecule has 1 saturated carbocycles. The lowest BCUT2D eigenvalue weighted by molar-refractivity contribution is -0.161. The zero-order valence-electron chi connectivity index (χ0n) is 27.7. The molecule has 0 spiro atoms. The zero-order chi connectivity index (χ0) is 37.2. The number of carbonyl (C=O) groups excluding carboxylic acids is 1. The average Bonchev–Trinajstić information content (AvgIpc) is 3.84. The molecule has 10 unspecified atom stereocenters. The van der Waals surface area contributed by atoms with Crippen LogP contribution in [0.15, 0.2) is 25.3 Å². The summed E-state index contributed by atoms with van der Waals surface area (Å²) in [5.41, 5.74) is 11.3. The topological polar surface area (TPSA) is 275 Å². The van der Waals surface area contributed by atoms with E-state index < -0.39 is 95.9 Å². The summed E-state index contributed by atoms with van der Waals surface area (Å²) < 4.78 is 101. The Morgan fingerprint density at radius 3 is 2.21 bits per heavy atom. The molecule has 25 heteroatoms. The van der Waals surface area contributed by atoms with Gasteiger partial charge in [0.05, 0.1) is 37.3 Å². The number of nitrogen functional groups attached to an aromatic ring is 2. The van der Waals surface area contributed by atoms with Gasteiger partial charge in [0, 0.05) is 5.92 Å². The number of hydrogen-bond donors (Lipinski definition) is 3. The van der Waals surface area contributed by atoms with E-state index in [1.54, 1.807) is 20.8 Å². The minimum Gasteiger partial charge on any atom is -0.437 e. The first-order valence-corrected chi connectivity index (χ1v) is 18.7. The van der Waals surface area contributed by atoms with E-state index in [0.717, 1.165) is 17.2 Å². The summed E-state index contributed by atoms with van der Waals surface area (Å²) in [5.74, 6) is -1.82. The molecule has 3 fully saturated rings. The molecule has 2 aliphatic heterocycles. The number of carbonyl (C=O) groups is 1. The van der Waals surface area contributed by atoms with Crippen molar-refractivity contribution >= 4 is 55.6 Å². The van der Waals surface area contributed by atoms with Gasteiger partial charge in [-0.1, -0.05) is 0 Å². The average molecular weight is 775 g/mol. The summed E-state index contributed by atoms with van der Waals surface area (Å²) in [6, 6.07) is -1.12. The van der Waals surface area contributed by atoms with Crippen molar-refractivity contribution < 1.29 is 59.7 Å². The summed E-state index contributed by atoms with van der Waals surface area (Å²) in [6.45, 7) is 2.19. The Balaban J connectivity index is 1.20. The Morgan fingerprint density at radius 2 is 1.56 bits per heavy atom. The van der Waals surface area contributed by atoms with Crippen LogP contribution >= 0.6 is 15.6 Å². The summed E-state index contributed by atoms with van der Waals surface area (Å²) in [6.07, 6.45) is -6.39. The molecule has 0 radical (unpaired) electrons. The van der Waals surface area contributed by atoms with Gasteiger partial charge in [-0.3, -0.25) is 27.5 Å². The van der Waals surface area contributed by atoms with E-state index in [1.165, 1.54) is 17.2 Å². The number of anilines is 2. The van der Waals surface area contributed by atoms with E-state index in [1.807, 2.05) is 0 Å².